The molecule has 2 bridgehead atoms. The predicted molar refractivity (Wildman–Crippen MR) is 127 cm³/mol. The van der Waals surface area contributed by atoms with Crippen LogP contribution in [0.1, 0.15) is 50.2 Å². The summed E-state index contributed by atoms with van der Waals surface area (Å²) in [6.45, 7) is 4.19. The van der Waals surface area contributed by atoms with E-state index in [-0.39, 0.29) is 30.4 Å². The molecule has 34 heavy (non-hydrogen) atoms. The molecule has 1 fully saturated rings. The quantitative estimate of drug-likeness (QED) is 0.211. The molecular weight excluding hydrogens is 434 g/mol. The van der Waals surface area contributed by atoms with Gasteiger partial charge in [-0.05, 0) is 57.8 Å². The van der Waals surface area contributed by atoms with Gasteiger partial charge in [0.05, 0.1) is 6.61 Å². The molecule has 0 aromatic heterocycles. The first kappa shape index (κ1) is 23.6. The second kappa shape index (κ2) is 9.88. The number of likely N-dealkylation sites (tertiary alicyclic amines) is 1. The Morgan fingerprint density at radius 3 is 2.94 bits per heavy atom. The Balaban J connectivity index is 1.33. The molecule has 2 heterocycles. The number of esters is 1. The summed E-state index contributed by atoms with van der Waals surface area (Å²) in [5, 5.41) is 0. The molecule has 4 aliphatic rings. The van der Waals surface area contributed by atoms with Crippen LogP contribution in [0.5, 0.6) is 11.5 Å². The Bertz CT molecular complexity index is 932. The summed E-state index contributed by atoms with van der Waals surface area (Å²) in [5.74, 6) is 1.95. The van der Waals surface area contributed by atoms with Crippen LogP contribution in [0, 0.1) is 5.92 Å². The van der Waals surface area contributed by atoms with Crippen molar-refractivity contribution in [3.05, 3.63) is 35.4 Å². The standard InChI is InChI=1S/C27H37NO6/c1-4-31-23(29)8-6-5-7-15-32-22-12-10-19-20-16-18-9-11-21(33-17-30-3)25-24(18)27(19,26(22)34-25)13-14-28(20)2/h9-12,19-20,22,26H,4-8,13-17H2,1-3H3/t19-,20+,22?,26?,27-/m0/s1. The van der Waals surface area contributed by atoms with E-state index in [1.165, 1.54) is 11.1 Å². The van der Waals surface area contributed by atoms with Gasteiger partial charge in [0.2, 0.25) is 0 Å². The maximum Gasteiger partial charge on any atom is 0.305 e. The number of nitrogens with zero attached hydrogens (tertiary/aromatic N) is 1. The van der Waals surface area contributed by atoms with Crippen LogP contribution in [0.3, 0.4) is 0 Å². The fourth-order valence-electron chi connectivity index (χ4n) is 6.59. The van der Waals surface area contributed by atoms with Crippen LogP contribution in [0.25, 0.3) is 0 Å². The largest absolute Gasteiger partial charge is 0.482 e. The molecule has 0 N–H and O–H groups in total. The summed E-state index contributed by atoms with van der Waals surface area (Å²) in [4.78, 5) is 14.0. The number of ether oxygens (including phenoxy) is 5. The number of rotatable bonds is 11. The summed E-state index contributed by atoms with van der Waals surface area (Å²) < 4.78 is 29.3. The first-order valence-electron chi connectivity index (χ1n) is 12.7. The number of methoxy groups -OCH3 is 1. The second-order valence-electron chi connectivity index (χ2n) is 9.92. The van der Waals surface area contributed by atoms with Crippen LogP contribution in [0.4, 0.5) is 0 Å². The average molecular weight is 472 g/mol. The van der Waals surface area contributed by atoms with Crippen LogP contribution in [-0.2, 0) is 30.8 Å². The van der Waals surface area contributed by atoms with E-state index >= 15 is 0 Å². The Hall–Kier alpha value is -2.09. The van der Waals surface area contributed by atoms with Crippen LogP contribution < -0.4 is 9.47 Å². The number of unbranched alkanes of at least 4 members (excludes halogenated alkanes) is 2. The van der Waals surface area contributed by atoms with Crippen molar-refractivity contribution in [1.82, 2.24) is 4.90 Å². The van der Waals surface area contributed by atoms with Gasteiger partial charge in [-0.1, -0.05) is 24.6 Å². The SMILES string of the molecule is CCOC(=O)CCCCCOC1C=C[C@H]2[C@H]3Cc4ccc(OCOC)c5c4[C@@]2(CCN3C)C1O5. The van der Waals surface area contributed by atoms with E-state index in [2.05, 4.69) is 30.2 Å². The van der Waals surface area contributed by atoms with Crippen LogP contribution in [0.2, 0.25) is 0 Å². The molecule has 1 aromatic rings. The van der Waals surface area contributed by atoms with Crippen molar-refractivity contribution in [2.24, 2.45) is 5.92 Å². The molecule has 5 rings (SSSR count). The van der Waals surface area contributed by atoms with Gasteiger partial charge in [0.25, 0.3) is 0 Å². The molecule has 186 valence electrons. The van der Waals surface area contributed by atoms with Crippen molar-refractivity contribution in [2.45, 2.75) is 69.1 Å². The first-order chi connectivity index (χ1) is 16.6. The lowest BCUT2D eigenvalue weighted by Crippen LogP contribution is -2.65. The molecule has 0 radical (unpaired) electrons. The minimum atomic E-state index is -0.114. The summed E-state index contributed by atoms with van der Waals surface area (Å²) in [6.07, 6.45) is 9.72. The Morgan fingerprint density at radius 1 is 1.24 bits per heavy atom. The van der Waals surface area contributed by atoms with Gasteiger partial charge < -0.3 is 28.6 Å². The number of likely N-dealkylation sites (N-methyl/N-ethyl adjacent to an activating group) is 1. The number of piperidine rings is 1. The van der Waals surface area contributed by atoms with Gasteiger partial charge in [-0.25, -0.2) is 0 Å². The van der Waals surface area contributed by atoms with Crippen molar-refractivity contribution in [3.8, 4) is 11.5 Å². The minimum absolute atomic E-state index is 0.0559. The van der Waals surface area contributed by atoms with Gasteiger partial charge in [0, 0.05) is 43.1 Å². The number of hydrogen-bond donors (Lipinski definition) is 0. The third-order valence-electron chi connectivity index (χ3n) is 8.09. The van der Waals surface area contributed by atoms with Crippen molar-refractivity contribution in [1.29, 1.82) is 0 Å². The lowest BCUT2D eigenvalue weighted by Gasteiger charge is -2.56. The molecular formula is C27H37NO6. The van der Waals surface area contributed by atoms with Gasteiger partial charge in [-0.15, -0.1) is 0 Å². The maximum absolute atomic E-state index is 11.5. The minimum Gasteiger partial charge on any atom is -0.482 e. The van der Waals surface area contributed by atoms with Gasteiger partial charge in [-0.2, -0.15) is 0 Å². The van der Waals surface area contributed by atoms with E-state index < -0.39 is 0 Å². The van der Waals surface area contributed by atoms with Crippen LogP contribution >= 0.6 is 0 Å². The lowest BCUT2D eigenvalue weighted by molar-refractivity contribution is -0.143. The van der Waals surface area contributed by atoms with Crippen LogP contribution in [-0.4, -0.2) is 69.8 Å². The third-order valence-corrected chi connectivity index (χ3v) is 8.09. The highest BCUT2D eigenvalue weighted by atomic mass is 16.7. The highest BCUT2D eigenvalue weighted by Crippen LogP contribution is 2.62. The van der Waals surface area contributed by atoms with Crippen LogP contribution in [0.15, 0.2) is 24.3 Å². The monoisotopic (exact) mass is 471 g/mol. The molecule has 7 heteroatoms. The van der Waals surface area contributed by atoms with E-state index in [4.69, 9.17) is 23.7 Å². The summed E-state index contributed by atoms with van der Waals surface area (Å²) in [6, 6.07) is 4.73. The first-order valence-corrected chi connectivity index (χ1v) is 12.7. The van der Waals surface area contributed by atoms with Gasteiger partial charge >= 0.3 is 5.97 Å². The molecule has 2 aliphatic heterocycles. The predicted octanol–water partition coefficient (Wildman–Crippen LogP) is 3.62. The maximum atomic E-state index is 11.5. The van der Waals surface area contributed by atoms with Gasteiger partial charge in [0.1, 0.15) is 12.2 Å². The van der Waals surface area contributed by atoms with Crippen molar-refractivity contribution in [3.63, 3.8) is 0 Å². The van der Waals surface area contributed by atoms with E-state index in [1.54, 1.807) is 7.11 Å². The number of benzene rings is 1. The number of hydrogen-bond acceptors (Lipinski definition) is 7. The zero-order valence-corrected chi connectivity index (χ0v) is 20.6. The molecule has 2 aliphatic carbocycles. The normalized spacial score (nSPS) is 30.6. The Morgan fingerprint density at radius 2 is 2.12 bits per heavy atom. The molecule has 7 nitrogen and oxygen atoms in total. The zero-order chi connectivity index (χ0) is 23.7. The van der Waals surface area contributed by atoms with Crippen molar-refractivity contribution in [2.75, 3.05) is 40.7 Å². The molecule has 0 saturated carbocycles. The number of carbonyl (C=O) groups is 1. The Kier molecular flexibility index (Phi) is 6.87. The fourth-order valence-corrected chi connectivity index (χ4v) is 6.59. The molecule has 1 aromatic carbocycles. The topological polar surface area (TPSA) is 66.5 Å². The highest BCUT2D eigenvalue weighted by molar-refractivity contribution is 5.69. The highest BCUT2D eigenvalue weighted by Gasteiger charge is 2.64. The molecule has 2 unspecified atom stereocenters. The molecule has 0 amide bonds. The van der Waals surface area contributed by atoms with Crippen molar-refractivity contribution < 1.29 is 28.5 Å². The van der Waals surface area contributed by atoms with Gasteiger partial charge in [0.15, 0.2) is 18.3 Å². The number of carbonyl (C=O) groups excluding carboxylic acids is 1. The molecule has 1 saturated heterocycles. The molecule has 5 atom stereocenters. The fraction of sp³-hybridized carbons (Fsp3) is 0.667. The lowest BCUT2D eigenvalue weighted by atomic mass is 9.53. The average Bonchev–Trinajstić information content (AvgIpc) is 3.19. The van der Waals surface area contributed by atoms with E-state index in [0.717, 1.165) is 50.1 Å². The molecule has 1 spiro atoms. The van der Waals surface area contributed by atoms with Gasteiger partial charge in [-0.3, -0.25) is 4.79 Å². The van der Waals surface area contributed by atoms with E-state index in [1.807, 2.05) is 13.0 Å². The third kappa shape index (κ3) is 3.91. The zero-order valence-electron chi connectivity index (χ0n) is 20.6. The Labute approximate surface area is 202 Å². The van der Waals surface area contributed by atoms with Crippen molar-refractivity contribution >= 4 is 5.97 Å². The summed E-state index contributed by atoms with van der Waals surface area (Å²) >= 11 is 0. The van der Waals surface area contributed by atoms with E-state index in [0.29, 0.717) is 31.6 Å². The summed E-state index contributed by atoms with van der Waals surface area (Å²) in [5.41, 5.74) is 2.64. The summed E-state index contributed by atoms with van der Waals surface area (Å²) in [7, 11) is 3.88. The second-order valence-corrected chi connectivity index (χ2v) is 9.92. The van der Waals surface area contributed by atoms with E-state index in [9.17, 15) is 4.79 Å². The smallest absolute Gasteiger partial charge is 0.305 e.